The number of carbonyl (C=O) groups excluding carboxylic acids is 1. The van der Waals surface area contributed by atoms with Crippen molar-refractivity contribution in [1.29, 1.82) is 0 Å². The molecular weight excluding hydrogens is 508 g/mol. The third kappa shape index (κ3) is 4.42. The standard InChI is InChI=1S/C26H22N6O5S/c1-17-23-24(22(26(33)30-34)16-28-25(23)32(29-17)18-6-4-3-5-7-18)31(2)38(35,36)21-10-8-19(9-11-21)37-20-12-14-27-15-13-20/h3-16,34H,1-2H3,(H,30,33). The van der Waals surface area contributed by atoms with Gasteiger partial charge >= 0.3 is 0 Å². The van der Waals surface area contributed by atoms with Gasteiger partial charge in [0.2, 0.25) is 0 Å². The van der Waals surface area contributed by atoms with Crippen LogP contribution >= 0.6 is 0 Å². The number of hydrogen-bond acceptors (Lipinski definition) is 8. The molecule has 1 amide bonds. The van der Waals surface area contributed by atoms with Crippen LogP contribution in [0, 0.1) is 6.92 Å². The number of hydroxylamine groups is 1. The molecule has 3 heterocycles. The average molecular weight is 531 g/mol. The monoisotopic (exact) mass is 530 g/mol. The summed E-state index contributed by atoms with van der Waals surface area (Å²) in [4.78, 5) is 20.9. The van der Waals surface area contributed by atoms with Gasteiger partial charge in [-0.1, -0.05) is 18.2 Å². The first-order valence-corrected chi connectivity index (χ1v) is 12.8. The molecule has 0 saturated carbocycles. The molecule has 0 atom stereocenters. The zero-order valence-electron chi connectivity index (χ0n) is 20.3. The minimum Gasteiger partial charge on any atom is -0.457 e. The lowest BCUT2D eigenvalue weighted by Gasteiger charge is -2.23. The number of aryl methyl sites for hydroxylation is 1. The second-order valence-corrected chi connectivity index (χ2v) is 10.2. The molecular formula is C26H22N6O5S. The molecule has 5 rings (SSSR count). The number of anilines is 1. The molecule has 0 aliphatic carbocycles. The normalized spacial score (nSPS) is 11.3. The third-order valence-corrected chi connectivity index (χ3v) is 7.64. The Bertz CT molecular complexity index is 1720. The first-order valence-electron chi connectivity index (χ1n) is 11.4. The Morgan fingerprint density at radius 1 is 1.00 bits per heavy atom. The fourth-order valence-electron chi connectivity index (χ4n) is 4.04. The van der Waals surface area contributed by atoms with Crippen molar-refractivity contribution in [2.45, 2.75) is 11.8 Å². The molecule has 0 radical (unpaired) electrons. The van der Waals surface area contributed by atoms with Gasteiger partial charge in [-0.05, 0) is 55.5 Å². The Morgan fingerprint density at radius 2 is 1.66 bits per heavy atom. The molecule has 0 saturated heterocycles. The fraction of sp³-hybridized carbons (Fsp3) is 0.0769. The van der Waals surface area contributed by atoms with Crippen LogP contribution in [-0.2, 0) is 10.0 Å². The van der Waals surface area contributed by atoms with E-state index < -0.39 is 15.9 Å². The largest absolute Gasteiger partial charge is 0.457 e. The molecule has 38 heavy (non-hydrogen) atoms. The molecule has 192 valence electrons. The predicted octanol–water partition coefficient (Wildman–Crippen LogP) is 3.86. The van der Waals surface area contributed by atoms with Crippen LogP contribution in [0.2, 0.25) is 0 Å². The Labute approximate surface area is 218 Å². The quantitative estimate of drug-likeness (QED) is 0.239. The summed E-state index contributed by atoms with van der Waals surface area (Å²) in [6.07, 6.45) is 4.38. The van der Waals surface area contributed by atoms with Gasteiger partial charge in [-0.25, -0.2) is 23.6 Å². The van der Waals surface area contributed by atoms with Crippen molar-refractivity contribution in [3.8, 4) is 17.2 Å². The molecule has 2 aromatic carbocycles. The van der Waals surface area contributed by atoms with Gasteiger partial charge in [0.25, 0.3) is 15.9 Å². The summed E-state index contributed by atoms with van der Waals surface area (Å²) in [6, 6.07) is 18.4. The van der Waals surface area contributed by atoms with Gasteiger partial charge in [-0.15, -0.1) is 0 Å². The maximum Gasteiger partial charge on any atom is 0.278 e. The van der Waals surface area contributed by atoms with Gasteiger partial charge in [0.15, 0.2) is 5.65 Å². The van der Waals surface area contributed by atoms with E-state index in [0.717, 1.165) is 4.31 Å². The van der Waals surface area contributed by atoms with Crippen LogP contribution in [0.25, 0.3) is 16.7 Å². The Hall–Kier alpha value is -4.81. The van der Waals surface area contributed by atoms with Gasteiger partial charge in [0.05, 0.1) is 32.9 Å². The number of pyridine rings is 2. The molecule has 5 aromatic rings. The van der Waals surface area contributed by atoms with Crippen LogP contribution in [0.1, 0.15) is 16.1 Å². The number of nitrogens with one attached hydrogen (secondary N) is 1. The van der Waals surface area contributed by atoms with Gasteiger partial charge in [0.1, 0.15) is 11.5 Å². The molecule has 12 heteroatoms. The van der Waals surface area contributed by atoms with E-state index in [0.29, 0.717) is 33.9 Å². The van der Waals surface area contributed by atoms with Crippen LogP contribution in [-0.4, -0.2) is 46.3 Å². The van der Waals surface area contributed by atoms with Crippen LogP contribution in [0.15, 0.2) is 90.2 Å². The van der Waals surface area contributed by atoms with Crippen molar-refractivity contribution >= 4 is 32.7 Å². The second-order valence-electron chi connectivity index (χ2n) is 8.22. The zero-order chi connectivity index (χ0) is 26.9. The number of carbonyl (C=O) groups is 1. The lowest BCUT2D eigenvalue weighted by Crippen LogP contribution is -2.30. The average Bonchev–Trinajstić information content (AvgIpc) is 3.29. The topological polar surface area (TPSA) is 140 Å². The zero-order valence-corrected chi connectivity index (χ0v) is 21.1. The molecule has 11 nitrogen and oxygen atoms in total. The number of nitrogens with zero attached hydrogens (tertiary/aromatic N) is 5. The van der Waals surface area contributed by atoms with Crippen LogP contribution in [0.4, 0.5) is 5.69 Å². The molecule has 2 N–H and O–H groups in total. The van der Waals surface area contributed by atoms with Gasteiger partial charge < -0.3 is 4.74 Å². The highest BCUT2D eigenvalue weighted by Crippen LogP contribution is 2.36. The maximum atomic E-state index is 13.7. The van der Waals surface area contributed by atoms with E-state index in [2.05, 4.69) is 15.1 Å². The van der Waals surface area contributed by atoms with E-state index in [1.165, 1.54) is 37.5 Å². The molecule has 0 aliphatic heterocycles. The van der Waals surface area contributed by atoms with Crippen molar-refractivity contribution in [2.24, 2.45) is 0 Å². The first kappa shape index (κ1) is 24.9. The van der Waals surface area contributed by atoms with E-state index in [-0.39, 0.29) is 16.1 Å². The lowest BCUT2D eigenvalue weighted by molar-refractivity contribution is 0.0707. The smallest absolute Gasteiger partial charge is 0.278 e. The Morgan fingerprint density at radius 3 is 2.32 bits per heavy atom. The Balaban J connectivity index is 1.60. The van der Waals surface area contributed by atoms with Crippen molar-refractivity contribution in [1.82, 2.24) is 25.2 Å². The molecule has 0 fully saturated rings. The van der Waals surface area contributed by atoms with Crippen molar-refractivity contribution in [3.63, 3.8) is 0 Å². The number of rotatable bonds is 7. The van der Waals surface area contributed by atoms with E-state index in [1.54, 1.807) is 41.6 Å². The number of amides is 1. The minimum absolute atomic E-state index is 0.0262. The summed E-state index contributed by atoms with van der Waals surface area (Å²) in [5.74, 6) is 0.0753. The first-order chi connectivity index (χ1) is 18.3. The van der Waals surface area contributed by atoms with E-state index in [4.69, 9.17) is 4.74 Å². The number of para-hydroxylation sites is 1. The highest BCUT2D eigenvalue weighted by molar-refractivity contribution is 7.92. The van der Waals surface area contributed by atoms with Gasteiger partial charge in [-0.2, -0.15) is 5.10 Å². The van der Waals surface area contributed by atoms with Crippen LogP contribution in [0.5, 0.6) is 11.5 Å². The molecule has 0 unspecified atom stereocenters. The highest BCUT2D eigenvalue weighted by Gasteiger charge is 2.30. The van der Waals surface area contributed by atoms with Crippen molar-refractivity contribution in [3.05, 3.63) is 96.6 Å². The van der Waals surface area contributed by atoms with Crippen molar-refractivity contribution < 1.29 is 23.2 Å². The lowest BCUT2D eigenvalue weighted by atomic mass is 10.1. The van der Waals surface area contributed by atoms with E-state index in [1.807, 2.05) is 30.3 Å². The summed E-state index contributed by atoms with van der Waals surface area (Å²) in [6.45, 7) is 1.69. The fourth-order valence-corrected chi connectivity index (χ4v) is 5.26. The summed E-state index contributed by atoms with van der Waals surface area (Å²) in [5.41, 5.74) is 2.96. The second kappa shape index (κ2) is 9.92. The summed E-state index contributed by atoms with van der Waals surface area (Å²) < 4.78 is 35.8. The Kier molecular flexibility index (Phi) is 6.49. The number of benzene rings is 2. The van der Waals surface area contributed by atoms with Crippen LogP contribution < -0.4 is 14.5 Å². The van der Waals surface area contributed by atoms with Crippen LogP contribution in [0.3, 0.4) is 0 Å². The van der Waals surface area contributed by atoms with E-state index in [9.17, 15) is 18.4 Å². The van der Waals surface area contributed by atoms with E-state index >= 15 is 0 Å². The number of hydrogen-bond donors (Lipinski definition) is 2. The third-order valence-electron chi connectivity index (χ3n) is 5.87. The summed E-state index contributed by atoms with van der Waals surface area (Å²) in [7, 11) is -2.84. The number of aromatic nitrogens is 4. The molecule has 0 spiro atoms. The molecule has 0 aliphatic rings. The minimum atomic E-state index is -4.17. The molecule has 3 aromatic heterocycles. The predicted molar refractivity (Wildman–Crippen MR) is 139 cm³/mol. The number of ether oxygens (including phenoxy) is 1. The SMILES string of the molecule is Cc1nn(-c2ccccc2)c2ncc(C(=O)NO)c(N(C)S(=O)(=O)c3ccc(Oc4ccncc4)cc3)c12. The summed E-state index contributed by atoms with van der Waals surface area (Å²) in [5, 5.41) is 14.3. The molecule has 0 bridgehead atoms. The highest BCUT2D eigenvalue weighted by atomic mass is 32.2. The maximum absolute atomic E-state index is 13.7. The van der Waals surface area contributed by atoms with Gasteiger partial charge in [0, 0.05) is 25.6 Å². The number of sulfonamides is 1. The summed E-state index contributed by atoms with van der Waals surface area (Å²) >= 11 is 0. The van der Waals surface area contributed by atoms with Crippen molar-refractivity contribution in [2.75, 3.05) is 11.4 Å². The van der Waals surface area contributed by atoms with Gasteiger partial charge in [-0.3, -0.25) is 19.3 Å². The number of fused-ring (bicyclic) bond motifs is 1.